The summed E-state index contributed by atoms with van der Waals surface area (Å²) < 4.78 is 5.39. The Kier molecular flexibility index (Phi) is 2.27. The van der Waals surface area contributed by atoms with Gasteiger partial charge in [0, 0.05) is 12.8 Å². The van der Waals surface area contributed by atoms with Crippen LogP contribution in [0.4, 0.5) is 0 Å². The lowest BCUT2D eigenvalue weighted by Gasteiger charge is -2.35. The van der Waals surface area contributed by atoms with Crippen LogP contribution in [0.1, 0.15) is 29.5 Å². The Balaban J connectivity index is 1.99. The zero-order valence-corrected chi connectivity index (χ0v) is 9.53. The average Bonchev–Trinajstić information content (AvgIpc) is 2.34. The second-order valence-electron chi connectivity index (χ2n) is 4.87. The molecule has 0 atom stereocenters. The van der Waals surface area contributed by atoms with Crippen LogP contribution < -0.4 is 0 Å². The molecule has 0 N–H and O–H groups in total. The molecule has 2 aliphatic rings. The minimum absolute atomic E-state index is 0.188. The normalized spacial score (nSPS) is 21.2. The standard InChI is InChI=1S/C14H13NO2/c15-9-14(6-13(16)7-14)12-2-1-11-8-17-4-3-10(11)5-12/h1-2,5H,3-4,6-8H2. The fraction of sp³-hybridized carbons (Fsp3) is 0.429. The molecular formula is C14H13NO2. The van der Waals surface area contributed by atoms with Gasteiger partial charge < -0.3 is 4.74 Å². The summed E-state index contributed by atoms with van der Waals surface area (Å²) in [6, 6.07) is 8.42. The molecule has 1 aromatic carbocycles. The summed E-state index contributed by atoms with van der Waals surface area (Å²) in [6.45, 7) is 1.41. The van der Waals surface area contributed by atoms with Gasteiger partial charge in [-0.15, -0.1) is 0 Å². The Morgan fingerprint density at radius 2 is 2.12 bits per heavy atom. The summed E-state index contributed by atoms with van der Waals surface area (Å²) in [4.78, 5) is 11.2. The summed E-state index contributed by atoms with van der Waals surface area (Å²) in [5.41, 5.74) is 2.92. The molecule has 1 aliphatic carbocycles. The van der Waals surface area contributed by atoms with E-state index in [2.05, 4.69) is 12.1 Å². The Morgan fingerprint density at radius 3 is 2.82 bits per heavy atom. The molecule has 0 radical (unpaired) electrons. The van der Waals surface area contributed by atoms with E-state index in [1.54, 1.807) is 0 Å². The maximum atomic E-state index is 11.2. The summed E-state index contributed by atoms with van der Waals surface area (Å²) in [5, 5.41) is 9.28. The molecule has 0 bridgehead atoms. The number of hydrogen-bond acceptors (Lipinski definition) is 3. The Labute approximate surface area is 100 Å². The molecule has 1 fully saturated rings. The Hall–Kier alpha value is -1.66. The van der Waals surface area contributed by atoms with Gasteiger partial charge in [-0.25, -0.2) is 0 Å². The number of hydrogen-bond donors (Lipinski definition) is 0. The van der Waals surface area contributed by atoms with Crippen LogP contribution in [0.2, 0.25) is 0 Å². The number of carbonyl (C=O) groups is 1. The molecule has 17 heavy (non-hydrogen) atoms. The highest BCUT2D eigenvalue weighted by molar-refractivity contribution is 5.90. The zero-order chi connectivity index (χ0) is 11.9. The van der Waals surface area contributed by atoms with Gasteiger partial charge in [-0.05, 0) is 23.1 Å². The third-order valence-corrected chi connectivity index (χ3v) is 3.74. The van der Waals surface area contributed by atoms with E-state index in [4.69, 9.17) is 4.74 Å². The fourth-order valence-electron chi connectivity index (χ4n) is 2.63. The molecule has 1 aliphatic heterocycles. The summed E-state index contributed by atoms with van der Waals surface area (Å²) in [5.74, 6) is 0.188. The summed E-state index contributed by atoms with van der Waals surface area (Å²) >= 11 is 0. The summed E-state index contributed by atoms with van der Waals surface area (Å²) in [7, 11) is 0. The lowest BCUT2D eigenvalue weighted by atomic mass is 9.64. The predicted molar refractivity (Wildman–Crippen MR) is 61.3 cm³/mol. The number of carbonyl (C=O) groups excluding carboxylic acids is 1. The van der Waals surface area contributed by atoms with Crippen molar-refractivity contribution >= 4 is 5.78 Å². The van der Waals surface area contributed by atoms with Gasteiger partial charge in [-0.1, -0.05) is 18.2 Å². The van der Waals surface area contributed by atoms with Crippen molar-refractivity contribution in [2.45, 2.75) is 31.3 Å². The van der Waals surface area contributed by atoms with Crippen LogP contribution in [0.15, 0.2) is 18.2 Å². The van der Waals surface area contributed by atoms with Crippen molar-refractivity contribution < 1.29 is 9.53 Å². The molecule has 86 valence electrons. The third kappa shape index (κ3) is 1.57. The smallest absolute Gasteiger partial charge is 0.136 e. The van der Waals surface area contributed by atoms with Gasteiger partial charge in [0.1, 0.15) is 5.78 Å². The average molecular weight is 227 g/mol. The van der Waals surface area contributed by atoms with Crippen LogP contribution in [-0.2, 0) is 28.0 Å². The number of ketones is 1. The quantitative estimate of drug-likeness (QED) is 0.736. The van der Waals surface area contributed by atoms with E-state index in [9.17, 15) is 10.1 Å². The highest BCUT2D eigenvalue weighted by Gasteiger charge is 2.45. The molecule has 0 unspecified atom stereocenters. The van der Waals surface area contributed by atoms with E-state index in [-0.39, 0.29) is 5.78 Å². The van der Waals surface area contributed by atoms with Gasteiger partial charge in [-0.2, -0.15) is 5.26 Å². The van der Waals surface area contributed by atoms with E-state index < -0.39 is 5.41 Å². The monoisotopic (exact) mass is 227 g/mol. The first-order valence-corrected chi connectivity index (χ1v) is 5.86. The molecule has 1 heterocycles. The van der Waals surface area contributed by atoms with Crippen LogP contribution in [0.25, 0.3) is 0 Å². The minimum atomic E-state index is -0.551. The lowest BCUT2D eigenvalue weighted by Crippen LogP contribution is -2.40. The van der Waals surface area contributed by atoms with Crippen LogP contribution in [0.5, 0.6) is 0 Å². The zero-order valence-electron chi connectivity index (χ0n) is 9.53. The largest absolute Gasteiger partial charge is 0.376 e. The highest BCUT2D eigenvalue weighted by Crippen LogP contribution is 2.41. The summed E-state index contributed by atoms with van der Waals surface area (Å²) in [6.07, 6.45) is 1.65. The topological polar surface area (TPSA) is 50.1 Å². The lowest BCUT2D eigenvalue weighted by molar-refractivity contribution is -0.126. The first-order valence-electron chi connectivity index (χ1n) is 5.86. The van der Waals surface area contributed by atoms with Gasteiger partial charge in [0.15, 0.2) is 0 Å². The first-order chi connectivity index (χ1) is 8.23. The molecule has 0 spiro atoms. The van der Waals surface area contributed by atoms with Crippen LogP contribution in [-0.4, -0.2) is 12.4 Å². The van der Waals surface area contributed by atoms with Crippen molar-refractivity contribution in [3.8, 4) is 6.07 Å². The molecule has 3 nitrogen and oxygen atoms in total. The number of Topliss-reactive ketones (excluding diaryl/α,β-unsaturated/α-hetero) is 1. The molecule has 0 amide bonds. The predicted octanol–water partition coefficient (Wildman–Crippen LogP) is 1.88. The van der Waals surface area contributed by atoms with E-state index in [0.29, 0.717) is 19.4 Å². The molecule has 0 saturated heterocycles. The van der Waals surface area contributed by atoms with Crippen LogP contribution in [0, 0.1) is 11.3 Å². The molecule has 3 heteroatoms. The van der Waals surface area contributed by atoms with E-state index in [1.165, 1.54) is 11.1 Å². The molecule has 3 rings (SSSR count). The van der Waals surface area contributed by atoms with Crippen molar-refractivity contribution in [2.75, 3.05) is 6.61 Å². The molecule has 0 aromatic heterocycles. The van der Waals surface area contributed by atoms with Gasteiger partial charge in [0.05, 0.1) is 24.7 Å². The van der Waals surface area contributed by atoms with Crippen molar-refractivity contribution in [2.24, 2.45) is 0 Å². The molecule has 1 aromatic rings. The number of nitrogens with zero attached hydrogens (tertiary/aromatic N) is 1. The Morgan fingerprint density at radius 1 is 1.29 bits per heavy atom. The van der Waals surface area contributed by atoms with E-state index >= 15 is 0 Å². The van der Waals surface area contributed by atoms with E-state index in [1.807, 2.05) is 12.1 Å². The van der Waals surface area contributed by atoms with Crippen molar-refractivity contribution in [3.63, 3.8) is 0 Å². The second-order valence-corrected chi connectivity index (χ2v) is 4.87. The van der Waals surface area contributed by atoms with E-state index in [0.717, 1.165) is 18.6 Å². The number of benzene rings is 1. The number of rotatable bonds is 1. The van der Waals surface area contributed by atoms with Crippen molar-refractivity contribution in [1.82, 2.24) is 0 Å². The Bertz CT molecular complexity index is 520. The molecule has 1 saturated carbocycles. The SMILES string of the molecule is N#CC1(c2ccc3c(c2)CCOC3)CC(=O)C1. The van der Waals surface area contributed by atoms with Gasteiger partial charge in [0.2, 0.25) is 0 Å². The third-order valence-electron chi connectivity index (χ3n) is 3.74. The maximum absolute atomic E-state index is 11.2. The minimum Gasteiger partial charge on any atom is -0.376 e. The van der Waals surface area contributed by atoms with Gasteiger partial charge >= 0.3 is 0 Å². The number of nitriles is 1. The molecular weight excluding hydrogens is 214 g/mol. The highest BCUT2D eigenvalue weighted by atomic mass is 16.5. The van der Waals surface area contributed by atoms with Crippen LogP contribution in [0.3, 0.4) is 0 Å². The van der Waals surface area contributed by atoms with Gasteiger partial charge in [0.25, 0.3) is 0 Å². The number of fused-ring (bicyclic) bond motifs is 1. The number of ether oxygens (including phenoxy) is 1. The van der Waals surface area contributed by atoms with Gasteiger partial charge in [-0.3, -0.25) is 4.79 Å². The van der Waals surface area contributed by atoms with Crippen molar-refractivity contribution in [1.29, 1.82) is 5.26 Å². The maximum Gasteiger partial charge on any atom is 0.136 e. The van der Waals surface area contributed by atoms with Crippen LogP contribution >= 0.6 is 0 Å². The second kappa shape index (κ2) is 3.68. The first kappa shape index (κ1) is 10.5. The van der Waals surface area contributed by atoms with Crippen molar-refractivity contribution in [3.05, 3.63) is 34.9 Å². The fourth-order valence-corrected chi connectivity index (χ4v) is 2.63.